The number of rotatable bonds is 4. The number of aromatic nitrogens is 1. The third-order valence-electron chi connectivity index (χ3n) is 5.37. The SMILES string of the molecule is O=C(Nc1cccc(Br)c1)OC1C2CCN(CC2)C1Cc1cccnc1. The molecule has 5 nitrogen and oxygen atoms in total. The Kier molecular flexibility index (Phi) is 5.22. The van der Waals surface area contributed by atoms with Crippen LogP contribution in [-0.2, 0) is 11.2 Å². The predicted molar refractivity (Wildman–Crippen MR) is 104 cm³/mol. The number of hydrogen-bond acceptors (Lipinski definition) is 4. The molecule has 1 amide bonds. The topological polar surface area (TPSA) is 54.5 Å². The van der Waals surface area contributed by atoms with Crippen molar-refractivity contribution in [3.8, 4) is 0 Å². The number of carbonyl (C=O) groups excluding carboxylic acids is 1. The number of fused-ring (bicyclic) bond motifs is 3. The van der Waals surface area contributed by atoms with Gasteiger partial charge in [-0.05, 0) is 62.2 Å². The molecule has 26 heavy (non-hydrogen) atoms. The van der Waals surface area contributed by atoms with Gasteiger partial charge in [-0.1, -0.05) is 28.1 Å². The largest absolute Gasteiger partial charge is 0.444 e. The molecule has 136 valence electrons. The van der Waals surface area contributed by atoms with Crippen LogP contribution < -0.4 is 5.32 Å². The molecule has 6 heteroatoms. The molecule has 3 fully saturated rings. The number of pyridine rings is 1. The van der Waals surface area contributed by atoms with Crippen LogP contribution in [0.2, 0.25) is 0 Å². The Morgan fingerprint density at radius 2 is 2.12 bits per heavy atom. The van der Waals surface area contributed by atoms with E-state index in [4.69, 9.17) is 4.74 Å². The van der Waals surface area contributed by atoms with E-state index in [9.17, 15) is 4.79 Å². The van der Waals surface area contributed by atoms with Crippen LogP contribution in [0, 0.1) is 5.92 Å². The average molecular weight is 416 g/mol. The maximum absolute atomic E-state index is 12.5. The fourth-order valence-corrected chi connectivity index (χ4v) is 4.52. The van der Waals surface area contributed by atoms with Gasteiger partial charge in [0.2, 0.25) is 0 Å². The van der Waals surface area contributed by atoms with Crippen molar-refractivity contribution in [1.29, 1.82) is 0 Å². The fraction of sp³-hybridized carbons (Fsp3) is 0.400. The van der Waals surface area contributed by atoms with Crippen molar-refractivity contribution in [3.63, 3.8) is 0 Å². The first-order valence-corrected chi connectivity index (χ1v) is 9.84. The summed E-state index contributed by atoms with van der Waals surface area (Å²) in [6.07, 6.45) is 6.29. The number of nitrogens with one attached hydrogen (secondary N) is 1. The molecule has 0 aliphatic carbocycles. The van der Waals surface area contributed by atoms with E-state index in [1.807, 2.05) is 36.5 Å². The quantitative estimate of drug-likeness (QED) is 0.816. The lowest BCUT2D eigenvalue weighted by Gasteiger charge is -2.50. The molecule has 1 aromatic carbocycles. The molecule has 2 atom stereocenters. The molecule has 0 spiro atoms. The molecule has 2 unspecified atom stereocenters. The van der Waals surface area contributed by atoms with Crippen LogP contribution in [-0.4, -0.2) is 41.2 Å². The van der Waals surface area contributed by atoms with Crippen LogP contribution in [0.4, 0.5) is 10.5 Å². The molecule has 0 saturated carbocycles. The van der Waals surface area contributed by atoms with Crippen LogP contribution in [0.3, 0.4) is 0 Å². The number of piperidine rings is 3. The first kappa shape index (κ1) is 17.5. The van der Waals surface area contributed by atoms with Crippen molar-refractivity contribution in [3.05, 3.63) is 58.8 Å². The minimum Gasteiger partial charge on any atom is -0.444 e. The zero-order valence-corrected chi connectivity index (χ0v) is 16.1. The Hall–Kier alpha value is -1.92. The van der Waals surface area contributed by atoms with Crippen LogP contribution in [0.1, 0.15) is 18.4 Å². The molecule has 2 aromatic rings. The molecule has 3 aliphatic heterocycles. The summed E-state index contributed by atoms with van der Waals surface area (Å²) in [5.74, 6) is 0.440. The molecule has 5 rings (SSSR count). The zero-order valence-electron chi connectivity index (χ0n) is 14.5. The van der Waals surface area contributed by atoms with E-state index >= 15 is 0 Å². The predicted octanol–water partition coefficient (Wildman–Crippen LogP) is 4.10. The van der Waals surface area contributed by atoms with Crippen LogP contribution >= 0.6 is 15.9 Å². The Morgan fingerprint density at radius 3 is 2.85 bits per heavy atom. The average Bonchev–Trinajstić information content (AvgIpc) is 2.65. The maximum atomic E-state index is 12.5. The molecule has 3 saturated heterocycles. The van der Waals surface area contributed by atoms with Gasteiger partial charge in [0, 0.05) is 28.5 Å². The van der Waals surface area contributed by atoms with Crippen molar-refractivity contribution in [2.45, 2.75) is 31.4 Å². The third kappa shape index (κ3) is 3.91. The van der Waals surface area contributed by atoms with E-state index in [1.54, 1.807) is 6.20 Å². The lowest BCUT2D eigenvalue weighted by Crippen LogP contribution is -2.60. The first-order valence-electron chi connectivity index (χ1n) is 9.05. The Balaban J connectivity index is 1.46. The van der Waals surface area contributed by atoms with Crippen molar-refractivity contribution in [1.82, 2.24) is 9.88 Å². The number of carbonyl (C=O) groups is 1. The molecule has 0 radical (unpaired) electrons. The Labute approximate surface area is 161 Å². The molecule has 4 heterocycles. The molecular formula is C20H22BrN3O2. The summed E-state index contributed by atoms with van der Waals surface area (Å²) in [5, 5.41) is 2.85. The van der Waals surface area contributed by atoms with Crippen molar-refractivity contribution in [2.24, 2.45) is 5.92 Å². The minimum absolute atomic E-state index is 0.0788. The summed E-state index contributed by atoms with van der Waals surface area (Å²) in [5.41, 5.74) is 1.92. The van der Waals surface area contributed by atoms with Gasteiger partial charge in [0.05, 0.1) is 6.04 Å². The number of halogens is 1. The van der Waals surface area contributed by atoms with E-state index in [0.29, 0.717) is 5.92 Å². The number of benzene rings is 1. The summed E-state index contributed by atoms with van der Waals surface area (Å²) in [6.45, 7) is 2.17. The van der Waals surface area contributed by atoms with Crippen molar-refractivity contribution in [2.75, 3.05) is 18.4 Å². The van der Waals surface area contributed by atoms with Crippen molar-refractivity contribution >= 4 is 27.7 Å². The fourth-order valence-electron chi connectivity index (χ4n) is 4.12. The first-order chi connectivity index (χ1) is 12.7. The van der Waals surface area contributed by atoms with Gasteiger partial charge in [-0.2, -0.15) is 0 Å². The maximum Gasteiger partial charge on any atom is 0.411 e. The number of amides is 1. The highest BCUT2D eigenvalue weighted by Gasteiger charge is 2.44. The van der Waals surface area contributed by atoms with Gasteiger partial charge in [0.25, 0.3) is 0 Å². The Morgan fingerprint density at radius 1 is 1.27 bits per heavy atom. The summed E-state index contributed by atoms with van der Waals surface area (Å²) in [4.78, 5) is 19.2. The summed E-state index contributed by atoms with van der Waals surface area (Å²) < 4.78 is 6.85. The highest BCUT2D eigenvalue weighted by atomic mass is 79.9. The number of anilines is 1. The molecule has 1 aromatic heterocycles. The summed E-state index contributed by atoms with van der Waals surface area (Å²) >= 11 is 3.42. The van der Waals surface area contributed by atoms with Crippen LogP contribution in [0.5, 0.6) is 0 Å². The van der Waals surface area contributed by atoms with E-state index in [2.05, 4.69) is 37.2 Å². The lowest BCUT2D eigenvalue weighted by atomic mass is 9.78. The van der Waals surface area contributed by atoms with Gasteiger partial charge in [-0.25, -0.2) is 4.79 Å². The number of nitrogens with zero attached hydrogens (tertiary/aromatic N) is 2. The molecule has 3 aliphatic rings. The second-order valence-corrected chi connectivity index (χ2v) is 7.93. The lowest BCUT2D eigenvalue weighted by molar-refractivity contribution is -0.0741. The number of hydrogen-bond donors (Lipinski definition) is 1. The van der Waals surface area contributed by atoms with E-state index in [-0.39, 0.29) is 18.2 Å². The zero-order chi connectivity index (χ0) is 17.9. The van der Waals surface area contributed by atoms with E-state index in [0.717, 1.165) is 42.5 Å². The van der Waals surface area contributed by atoms with Crippen LogP contribution in [0.25, 0.3) is 0 Å². The van der Waals surface area contributed by atoms with Gasteiger partial charge < -0.3 is 4.74 Å². The van der Waals surface area contributed by atoms with Crippen molar-refractivity contribution < 1.29 is 9.53 Å². The van der Waals surface area contributed by atoms with E-state index < -0.39 is 0 Å². The number of ether oxygens (including phenoxy) is 1. The van der Waals surface area contributed by atoms with Gasteiger partial charge in [-0.15, -0.1) is 0 Å². The van der Waals surface area contributed by atoms with Gasteiger partial charge >= 0.3 is 6.09 Å². The van der Waals surface area contributed by atoms with Gasteiger partial charge in [0.15, 0.2) is 0 Å². The van der Waals surface area contributed by atoms with E-state index in [1.165, 1.54) is 5.56 Å². The molecule has 2 bridgehead atoms. The highest BCUT2D eigenvalue weighted by Crippen LogP contribution is 2.36. The van der Waals surface area contributed by atoms with Gasteiger partial charge in [0.1, 0.15) is 6.10 Å². The summed E-state index contributed by atoms with van der Waals surface area (Å²) in [7, 11) is 0. The Bertz CT molecular complexity index is 763. The standard InChI is InChI=1S/C20H22BrN3O2/c21-16-4-1-5-17(12-16)23-20(25)26-19-15-6-9-24(10-7-15)18(19)11-14-3-2-8-22-13-14/h1-5,8,12-13,15,18-19H,6-7,9-11H2,(H,23,25). The second kappa shape index (κ2) is 7.76. The summed E-state index contributed by atoms with van der Waals surface area (Å²) in [6, 6.07) is 11.8. The second-order valence-electron chi connectivity index (χ2n) is 7.01. The smallest absolute Gasteiger partial charge is 0.411 e. The third-order valence-corrected chi connectivity index (χ3v) is 5.86. The molecular weight excluding hydrogens is 394 g/mol. The molecule has 1 N–H and O–H groups in total. The highest BCUT2D eigenvalue weighted by molar-refractivity contribution is 9.10. The monoisotopic (exact) mass is 415 g/mol. The minimum atomic E-state index is -0.377. The van der Waals surface area contributed by atoms with Crippen LogP contribution in [0.15, 0.2) is 53.3 Å². The van der Waals surface area contributed by atoms with Gasteiger partial charge in [-0.3, -0.25) is 15.2 Å². The normalized spacial score (nSPS) is 27.1.